The summed E-state index contributed by atoms with van der Waals surface area (Å²) in [6, 6.07) is 11.7. The highest BCUT2D eigenvalue weighted by Crippen LogP contribution is 2.28. The molecule has 2 aromatic carbocycles. The number of hydrogen-bond donors (Lipinski definition) is 1. The predicted octanol–water partition coefficient (Wildman–Crippen LogP) is 4.21. The van der Waals surface area contributed by atoms with Gasteiger partial charge in [-0.05, 0) is 50.5 Å². The van der Waals surface area contributed by atoms with Crippen LogP contribution < -0.4 is 9.62 Å². The van der Waals surface area contributed by atoms with Crippen LogP contribution in [0.2, 0.25) is 10.0 Å². The van der Waals surface area contributed by atoms with Crippen LogP contribution >= 0.6 is 23.2 Å². The Balaban J connectivity index is 2.02. The molecule has 2 rings (SSSR count). The molecule has 0 saturated carbocycles. The van der Waals surface area contributed by atoms with Gasteiger partial charge in [0.05, 0.1) is 11.9 Å². The topological polar surface area (TPSA) is 66.5 Å². The minimum atomic E-state index is -3.72. The minimum Gasteiger partial charge on any atom is -0.354 e. The third-order valence-corrected chi connectivity index (χ3v) is 5.93. The lowest BCUT2D eigenvalue weighted by Crippen LogP contribution is -2.48. The first-order valence-electron chi connectivity index (χ1n) is 8.86. The fourth-order valence-electron chi connectivity index (χ4n) is 2.88. The summed E-state index contributed by atoms with van der Waals surface area (Å²) in [7, 11) is -3.72. The maximum Gasteiger partial charge on any atom is 0.243 e. The molecule has 0 fully saturated rings. The molecule has 0 aliphatic heterocycles. The third-order valence-electron chi connectivity index (χ3n) is 4.25. The summed E-state index contributed by atoms with van der Waals surface area (Å²) >= 11 is 12.0. The molecule has 0 saturated heterocycles. The van der Waals surface area contributed by atoms with Gasteiger partial charge in [0.25, 0.3) is 0 Å². The number of rotatable bonds is 8. The Kier molecular flexibility index (Phi) is 7.75. The first-order valence-corrected chi connectivity index (χ1v) is 11.5. The Hall–Kier alpha value is -1.76. The van der Waals surface area contributed by atoms with Gasteiger partial charge < -0.3 is 5.32 Å². The summed E-state index contributed by atoms with van der Waals surface area (Å²) in [5.74, 6) is -0.384. The zero-order valence-electron chi connectivity index (χ0n) is 16.1. The molecule has 0 aliphatic rings. The van der Waals surface area contributed by atoms with Crippen molar-refractivity contribution in [1.82, 2.24) is 5.32 Å². The standard InChI is InChI=1S/C20H24Cl2N2O3S/c1-14-6-8-16(9-7-14)5-4-10-23-20(25)15(2)24(28(3,26)27)19-12-17(21)11-18(22)13-19/h6-9,11-13,15H,4-5,10H2,1-3H3,(H,23,25). The van der Waals surface area contributed by atoms with Gasteiger partial charge in [0, 0.05) is 16.6 Å². The number of benzene rings is 2. The summed E-state index contributed by atoms with van der Waals surface area (Å²) in [5, 5.41) is 3.39. The highest BCUT2D eigenvalue weighted by molar-refractivity contribution is 7.92. The molecular formula is C20H24Cl2N2O3S. The van der Waals surface area contributed by atoms with Crippen molar-refractivity contribution < 1.29 is 13.2 Å². The van der Waals surface area contributed by atoms with E-state index in [9.17, 15) is 13.2 Å². The number of nitrogens with one attached hydrogen (secondary N) is 1. The van der Waals surface area contributed by atoms with Gasteiger partial charge in [0.1, 0.15) is 6.04 Å². The molecule has 0 spiro atoms. The van der Waals surface area contributed by atoms with E-state index in [2.05, 4.69) is 29.6 Å². The summed E-state index contributed by atoms with van der Waals surface area (Å²) in [6.45, 7) is 4.02. The molecule has 0 heterocycles. The number of carbonyl (C=O) groups is 1. The van der Waals surface area contributed by atoms with E-state index < -0.39 is 16.1 Å². The number of carbonyl (C=O) groups excluding carboxylic acids is 1. The lowest BCUT2D eigenvalue weighted by Gasteiger charge is -2.28. The molecule has 2 aromatic rings. The number of amides is 1. The first-order chi connectivity index (χ1) is 13.1. The van der Waals surface area contributed by atoms with Crippen LogP contribution in [0.25, 0.3) is 0 Å². The van der Waals surface area contributed by atoms with Gasteiger partial charge in [-0.2, -0.15) is 0 Å². The van der Waals surface area contributed by atoms with E-state index in [-0.39, 0.29) is 11.6 Å². The number of nitrogens with zero attached hydrogens (tertiary/aromatic N) is 1. The molecule has 152 valence electrons. The van der Waals surface area contributed by atoms with Gasteiger partial charge in [0.2, 0.25) is 15.9 Å². The van der Waals surface area contributed by atoms with Crippen molar-refractivity contribution in [2.24, 2.45) is 0 Å². The summed E-state index contributed by atoms with van der Waals surface area (Å²) in [4.78, 5) is 12.5. The number of sulfonamides is 1. The Labute approximate surface area is 176 Å². The van der Waals surface area contributed by atoms with Crippen LogP contribution in [0.15, 0.2) is 42.5 Å². The Morgan fingerprint density at radius 1 is 1.11 bits per heavy atom. The van der Waals surface area contributed by atoms with E-state index in [1.165, 1.54) is 36.2 Å². The Morgan fingerprint density at radius 3 is 2.21 bits per heavy atom. The van der Waals surface area contributed by atoms with E-state index in [0.29, 0.717) is 16.6 Å². The average Bonchev–Trinajstić information content (AvgIpc) is 2.58. The predicted molar refractivity (Wildman–Crippen MR) is 116 cm³/mol. The van der Waals surface area contributed by atoms with Crippen LogP contribution in [0, 0.1) is 6.92 Å². The zero-order chi connectivity index (χ0) is 20.9. The maximum absolute atomic E-state index is 12.5. The largest absolute Gasteiger partial charge is 0.354 e. The van der Waals surface area contributed by atoms with Crippen LogP contribution in [0.3, 0.4) is 0 Å². The summed E-state index contributed by atoms with van der Waals surface area (Å²) in [5.41, 5.74) is 2.65. The summed E-state index contributed by atoms with van der Waals surface area (Å²) < 4.78 is 25.6. The van der Waals surface area contributed by atoms with Crippen molar-refractivity contribution in [2.45, 2.75) is 32.7 Å². The van der Waals surface area contributed by atoms with Gasteiger partial charge in [0.15, 0.2) is 0 Å². The second-order valence-electron chi connectivity index (χ2n) is 6.74. The molecule has 28 heavy (non-hydrogen) atoms. The number of halogens is 2. The summed E-state index contributed by atoms with van der Waals surface area (Å²) in [6.07, 6.45) is 2.63. The van der Waals surface area contributed by atoms with Crippen LogP contribution in [0.1, 0.15) is 24.5 Å². The number of hydrogen-bond acceptors (Lipinski definition) is 3. The van der Waals surface area contributed by atoms with E-state index in [0.717, 1.165) is 23.4 Å². The van der Waals surface area contributed by atoms with Crippen molar-refractivity contribution in [3.8, 4) is 0 Å². The van der Waals surface area contributed by atoms with Gasteiger partial charge >= 0.3 is 0 Å². The van der Waals surface area contributed by atoms with Crippen LogP contribution in [0.5, 0.6) is 0 Å². The van der Waals surface area contributed by atoms with Crippen molar-refractivity contribution in [1.29, 1.82) is 0 Å². The third kappa shape index (κ3) is 6.40. The normalized spacial score (nSPS) is 12.5. The van der Waals surface area contributed by atoms with E-state index in [4.69, 9.17) is 23.2 Å². The Bertz CT molecular complexity index is 911. The van der Waals surface area contributed by atoms with Crippen LogP contribution in [-0.4, -0.2) is 33.2 Å². The molecule has 5 nitrogen and oxygen atoms in total. The second-order valence-corrected chi connectivity index (χ2v) is 9.47. The average molecular weight is 443 g/mol. The molecular weight excluding hydrogens is 419 g/mol. The van der Waals surface area contributed by atoms with Gasteiger partial charge in [-0.25, -0.2) is 8.42 Å². The maximum atomic E-state index is 12.5. The highest BCUT2D eigenvalue weighted by Gasteiger charge is 2.29. The zero-order valence-corrected chi connectivity index (χ0v) is 18.4. The van der Waals surface area contributed by atoms with Crippen LogP contribution in [-0.2, 0) is 21.2 Å². The van der Waals surface area contributed by atoms with Crippen molar-refractivity contribution >= 4 is 44.8 Å². The van der Waals surface area contributed by atoms with Crippen molar-refractivity contribution in [3.63, 3.8) is 0 Å². The number of anilines is 1. The molecule has 0 aliphatic carbocycles. The quantitative estimate of drug-likeness (QED) is 0.622. The van der Waals surface area contributed by atoms with Crippen molar-refractivity contribution in [2.75, 3.05) is 17.1 Å². The van der Waals surface area contributed by atoms with Crippen LogP contribution in [0.4, 0.5) is 5.69 Å². The first kappa shape index (κ1) is 22.5. The Morgan fingerprint density at radius 2 is 1.68 bits per heavy atom. The molecule has 1 N–H and O–H groups in total. The van der Waals surface area contributed by atoms with Gasteiger partial charge in [-0.3, -0.25) is 9.10 Å². The van der Waals surface area contributed by atoms with E-state index in [1.807, 2.05) is 6.92 Å². The molecule has 1 atom stereocenters. The second kappa shape index (κ2) is 9.63. The molecule has 1 amide bonds. The minimum absolute atomic E-state index is 0.252. The monoisotopic (exact) mass is 442 g/mol. The molecule has 8 heteroatoms. The van der Waals surface area contributed by atoms with Gasteiger partial charge in [-0.15, -0.1) is 0 Å². The molecule has 0 radical (unpaired) electrons. The fourth-order valence-corrected chi connectivity index (χ4v) is 4.55. The lowest BCUT2D eigenvalue weighted by atomic mass is 10.1. The molecule has 1 unspecified atom stereocenters. The molecule has 0 aromatic heterocycles. The van der Waals surface area contributed by atoms with E-state index >= 15 is 0 Å². The SMILES string of the molecule is Cc1ccc(CCCNC(=O)C(C)N(c2cc(Cl)cc(Cl)c2)S(C)(=O)=O)cc1. The smallest absolute Gasteiger partial charge is 0.243 e. The number of aryl methyl sites for hydroxylation is 2. The van der Waals surface area contributed by atoms with Gasteiger partial charge in [-0.1, -0.05) is 53.0 Å². The molecule has 0 bridgehead atoms. The lowest BCUT2D eigenvalue weighted by molar-refractivity contribution is -0.121. The van der Waals surface area contributed by atoms with E-state index in [1.54, 1.807) is 0 Å². The fraction of sp³-hybridized carbons (Fsp3) is 0.350. The van der Waals surface area contributed by atoms with Crippen molar-refractivity contribution in [3.05, 3.63) is 63.6 Å². The highest BCUT2D eigenvalue weighted by atomic mass is 35.5.